The highest BCUT2D eigenvalue weighted by Crippen LogP contribution is 2.19. The maximum atomic E-state index is 3.37. The Morgan fingerprint density at radius 1 is 1.00 bits per heavy atom. The Morgan fingerprint density at radius 2 is 1.68 bits per heavy atom. The summed E-state index contributed by atoms with van der Waals surface area (Å²) >= 11 is 0. The molecule has 0 saturated carbocycles. The largest absolute Gasteiger partial charge is 0.391 e. The molecule has 1 heteroatoms. The van der Waals surface area contributed by atoms with Crippen LogP contribution in [-0.2, 0) is 12.8 Å². The molecule has 1 unspecified atom stereocenters. The summed E-state index contributed by atoms with van der Waals surface area (Å²) in [7, 11) is 0. The van der Waals surface area contributed by atoms with Gasteiger partial charge in [0.15, 0.2) is 0 Å². The second-order valence-electron chi connectivity index (χ2n) is 6.85. The number of rotatable bonds is 11. The van der Waals surface area contributed by atoms with Crippen LogP contribution in [0.25, 0.3) is 0 Å². The van der Waals surface area contributed by atoms with Crippen LogP contribution in [0.3, 0.4) is 0 Å². The first-order valence-corrected chi connectivity index (χ1v) is 9.08. The summed E-state index contributed by atoms with van der Waals surface area (Å²) in [5.74, 6) is 1.59. The van der Waals surface area contributed by atoms with E-state index in [0.29, 0.717) is 0 Å². The van der Waals surface area contributed by atoms with Gasteiger partial charge in [-0.2, -0.15) is 0 Å². The third-order valence-corrected chi connectivity index (χ3v) is 4.19. The topological polar surface area (TPSA) is 12.0 Å². The average Bonchev–Trinajstić information content (AvgIpc) is 2.50. The van der Waals surface area contributed by atoms with Crippen LogP contribution < -0.4 is 5.32 Å². The van der Waals surface area contributed by atoms with Gasteiger partial charge in [-0.15, -0.1) is 0 Å². The van der Waals surface area contributed by atoms with Crippen molar-refractivity contribution in [2.24, 2.45) is 11.8 Å². The summed E-state index contributed by atoms with van der Waals surface area (Å²) in [6.07, 6.45) is 11.8. The van der Waals surface area contributed by atoms with Crippen molar-refractivity contribution in [2.45, 2.75) is 66.2 Å². The molecular formula is C21H35N. The van der Waals surface area contributed by atoms with Gasteiger partial charge in [-0.1, -0.05) is 64.0 Å². The van der Waals surface area contributed by atoms with Gasteiger partial charge in [0.2, 0.25) is 0 Å². The van der Waals surface area contributed by atoms with Crippen LogP contribution in [-0.4, -0.2) is 6.54 Å². The zero-order chi connectivity index (χ0) is 16.2. The molecule has 0 saturated heterocycles. The van der Waals surface area contributed by atoms with Crippen LogP contribution in [0, 0.1) is 11.8 Å². The molecule has 1 rings (SSSR count). The quantitative estimate of drug-likeness (QED) is 0.513. The molecule has 0 aliphatic rings. The van der Waals surface area contributed by atoms with E-state index in [0.717, 1.165) is 18.4 Å². The Morgan fingerprint density at radius 3 is 2.27 bits per heavy atom. The van der Waals surface area contributed by atoms with Crippen LogP contribution in [0.15, 0.2) is 36.5 Å². The number of benzene rings is 1. The molecule has 0 amide bonds. The molecule has 1 aromatic rings. The number of hydrogen-bond donors (Lipinski definition) is 1. The van der Waals surface area contributed by atoms with Crippen LogP contribution in [0.2, 0.25) is 0 Å². The van der Waals surface area contributed by atoms with E-state index in [2.05, 4.69) is 69.6 Å². The average molecular weight is 302 g/mol. The molecule has 1 N–H and O–H groups in total. The first kappa shape index (κ1) is 18.8. The molecule has 0 heterocycles. The van der Waals surface area contributed by atoms with Crippen LogP contribution in [0.5, 0.6) is 0 Å². The predicted octanol–water partition coefficient (Wildman–Crippen LogP) is 5.75. The van der Waals surface area contributed by atoms with Crippen LogP contribution >= 0.6 is 0 Å². The Balaban J connectivity index is 2.39. The zero-order valence-electron chi connectivity index (χ0n) is 15.1. The molecular weight excluding hydrogens is 266 g/mol. The molecule has 124 valence electrons. The smallest absolute Gasteiger partial charge is 0.0144 e. The fourth-order valence-electron chi connectivity index (χ4n) is 3.01. The molecule has 0 aliphatic carbocycles. The second kappa shape index (κ2) is 11.3. The van der Waals surface area contributed by atoms with Crippen LogP contribution in [0.1, 0.15) is 64.5 Å². The molecule has 0 aromatic heterocycles. The fourth-order valence-corrected chi connectivity index (χ4v) is 3.01. The van der Waals surface area contributed by atoms with E-state index < -0.39 is 0 Å². The summed E-state index contributed by atoms with van der Waals surface area (Å²) in [5, 5.41) is 3.37. The van der Waals surface area contributed by atoms with Gasteiger partial charge in [0.05, 0.1) is 0 Å². The van der Waals surface area contributed by atoms with Gasteiger partial charge in [-0.3, -0.25) is 0 Å². The predicted molar refractivity (Wildman–Crippen MR) is 99.1 cm³/mol. The third kappa shape index (κ3) is 8.26. The molecule has 0 fully saturated rings. The fraction of sp³-hybridized carbons (Fsp3) is 0.619. The van der Waals surface area contributed by atoms with Crippen LogP contribution in [0.4, 0.5) is 0 Å². The molecule has 0 bridgehead atoms. The lowest BCUT2D eigenvalue weighted by Gasteiger charge is -2.16. The lowest BCUT2D eigenvalue weighted by molar-refractivity contribution is 0.413. The third-order valence-electron chi connectivity index (χ3n) is 4.19. The Labute approximate surface area is 138 Å². The lowest BCUT2D eigenvalue weighted by Crippen LogP contribution is -2.13. The van der Waals surface area contributed by atoms with Crippen molar-refractivity contribution in [3.63, 3.8) is 0 Å². The number of allylic oxidation sites excluding steroid dienone is 1. The van der Waals surface area contributed by atoms with Gasteiger partial charge < -0.3 is 5.32 Å². The van der Waals surface area contributed by atoms with Gasteiger partial charge >= 0.3 is 0 Å². The highest BCUT2D eigenvalue weighted by molar-refractivity contribution is 5.23. The zero-order valence-corrected chi connectivity index (χ0v) is 15.1. The van der Waals surface area contributed by atoms with E-state index in [4.69, 9.17) is 0 Å². The highest BCUT2D eigenvalue weighted by atomic mass is 14.8. The maximum Gasteiger partial charge on any atom is 0.0144 e. The lowest BCUT2D eigenvalue weighted by atomic mass is 9.92. The van der Waals surface area contributed by atoms with Gasteiger partial charge in [0.25, 0.3) is 0 Å². The van der Waals surface area contributed by atoms with Crippen molar-refractivity contribution < 1.29 is 0 Å². The number of nitrogens with one attached hydrogen (secondary N) is 1. The van der Waals surface area contributed by atoms with E-state index in [1.807, 2.05) is 0 Å². The molecule has 0 radical (unpaired) electrons. The van der Waals surface area contributed by atoms with E-state index in [9.17, 15) is 0 Å². The second-order valence-corrected chi connectivity index (χ2v) is 6.85. The molecule has 22 heavy (non-hydrogen) atoms. The minimum Gasteiger partial charge on any atom is -0.391 e. The molecule has 0 spiro atoms. The first-order chi connectivity index (χ1) is 10.7. The van der Waals surface area contributed by atoms with Gasteiger partial charge in [-0.05, 0) is 61.8 Å². The van der Waals surface area contributed by atoms with Crippen molar-refractivity contribution in [1.82, 2.24) is 5.32 Å². The molecule has 0 aliphatic heterocycles. The highest BCUT2D eigenvalue weighted by Gasteiger charge is 2.08. The Bertz CT molecular complexity index is 402. The van der Waals surface area contributed by atoms with Crippen molar-refractivity contribution in [2.75, 3.05) is 6.54 Å². The maximum absolute atomic E-state index is 3.37. The van der Waals surface area contributed by atoms with Gasteiger partial charge in [0.1, 0.15) is 0 Å². The van der Waals surface area contributed by atoms with Gasteiger partial charge in [-0.25, -0.2) is 0 Å². The van der Waals surface area contributed by atoms with Crippen molar-refractivity contribution >= 4 is 0 Å². The summed E-state index contributed by atoms with van der Waals surface area (Å²) in [4.78, 5) is 0. The minimum atomic E-state index is 0.740. The molecule has 1 aromatic carbocycles. The Kier molecular flexibility index (Phi) is 9.70. The molecule has 1 atom stereocenters. The first-order valence-electron chi connectivity index (χ1n) is 9.08. The van der Waals surface area contributed by atoms with Crippen molar-refractivity contribution in [3.05, 3.63) is 47.7 Å². The van der Waals surface area contributed by atoms with E-state index in [1.165, 1.54) is 49.7 Å². The number of hydrogen-bond acceptors (Lipinski definition) is 1. The normalized spacial score (nSPS) is 13.0. The van der Waals surface area contributed by atoms with Gasteiger partial charge in [0, 0.05) is 6.54 Å². The minimum absolute atomic E-state index is 0.740. The monoisotopic (exact) mass is 301 g/mol. The summed E-state index contributed by atoms with van der Waals surface area (Å²) in [6.45, 7) is 10.0. The molecule has 1 nitrogen and oxygen atoms in total. The standard InChI is InChI=1S/C21H35N/c1-5-7-19(14-16-22-15-6-2)8-9-20-10-12-21(13-11-20)17-18(3)4/h6,10-13,15,18-19,22H,5,7-9,14,16-17H2,1-4H3/b15-6-. The summed E-state index contributed by atoms with van der Waals surface area (Å²) in [6, 6.07) is 9.30. The van der Waals surface area contributed by atoms with Crippen molar-refractivity contribution in [1.29, 1.82) is 0 Å². The summed E-state index contributed by atoms with van der Waals surface area (Å²) < 4.78 is 0. The Hall–Kier alpha value is -1.24. The number of aryl methyl sites for hydroxylation is 1. The van der Waals surface area contributed by atoms with E-state index in [-0.39, 0.29) is 0 Å². The SMILES string of the molecule is C/C=C\NCCC(CCC)CCc1ccc(CC(C)C)cc1. The summed E-state index contributed by atoms with van der Waals surface area (Å²) in [5.41, 5.74) is 2.97. The van der Waals surface area contributed by atoms with Crippen molar-refractivity contribution in [3.8, 4) is 0 Å². The van der Waals surface area contributed by atoms with E-state index >= 15 is 0 Å². The van der Waals surface area contributed by atoms with E-state index in [1.54, 1.807) is 0 Å².